The van der Waals surface area contributed by atoms with Crippen molar-refractivity contribution >= 4 is 15.9 Å². The first kappa shape index (κ1) is 8.71. The Labute approximate surface area is 75.0 Å². The molecule has 0 N–H and O–H groups in total. The zero-order valence-electron chi connectivity index (χ0n) is 6.79. The van der Waals surface area contributed by atoms with Gasteiger partial charge in [0.15, 0.2) is 0 Å². The maximum Gasteiger partial charge on any atom is 0.138 e. The highest BCUT2D eigenvalue weighted by Crippen LogP contribution is 2.06. The first-order chi connectivity index (χ1) is 5.24. The molecule has 1 unspecified atom stereocenters. The van der Waals surface area contributed by atoms with Crippen LogP contribution in [0.15, 0.2) is 6.33 Å². The third-order valence-corrected chi connectivity index (χ3v) is 2.70. The van der Waals surface area contributed by atoms with E-state index in [1.54, 1.807) is 6.33 Å². The van der Waals surface area contributed by atoms with E-state index in [9.17, 15) is 0 Å². The van der Waals surface area contributed by atoms with Crippen molar-refractivity contribution in [3.8, 4) is 0 Å². The van der Waals surface area contributed by atoms with Crippen molar-refractivity contribution < 1.29 is 0 Å². The fraction of sp³-hybridized carbons (Fsp3) is 0.714. The van der Waals surface area contributed by atoms with Gasteiger partial charge in [-0.3, -0.25) is 4.68 Å². The SMILES string of the molecule is CC(CBr)Cc1ncnn1C. The monoisotopic (exact) mass is 217 g/mol. The summed E-state index contributed by atoms with van der Waals surface area (Å²) >= 11 is 3.43. The van der Waals surface area contributed by atoms with Crippen molar-refractivity contribution in [2.24, 2.45) is 13.0 Å². The Morgan fingerprint density at radius 1 is 1.73 bits per heavy atom. The number of nitrogens with zero attached hydrogens (tertiary/aromatic N) is 3. The summed E-state index contributed by atoms with van der Waals surface area (Å²) in [5.74, 6) is 1.68. The van der Waals surface area contributed by atoms with Gasteiger partial charge in [-0.25, -0.2) is 4.98 Å². The highest BCUT2D eigenvalue weighted by atomic mass is 79.9. The molecule has 62 valence electrons. The first-order valence-electron chi connectivity index (χ1n) is 3.63. The van der Waals surface area contributed by atoms with Crippen LogP contribution in [-0.2, 0) is 13.5 Å². The topological polar surface area (TPSA) is 30.7 Å². The minimum absolute atomic E-state index is 0.623. The molecule has 0 aliphatic heterocycles. The van der Waals surface area contributed by atoms with Crippen molar-refractivity contribution in [3.05, 3.63) is 12.2 Å². The lowest BCUT2D eigenvalue weighted by Crippen LogP contribution is -2.07. The summed E-state index contributed by atoms with van der Waals surface area (Å²) in [5.41, 5.74) is 0. The van der Waals surface area contributed by atoms with Crippen LogP contribution in [0.2, 0.25) is 0 Å². The number of aryl methyl sites for hydroxylation is 1. The van der Waals surface area contributed by atoms with Crippen molar-refractivity contribution in [2.75, 3.05) is 5.33 Å². The molecular weight excluding hydrogens is 206 g/mol. The van der Waals surface area contributed by atoms with Gasteiger partial charge in [-0.2, -0.15) is 5.10 Å². The Morgan fingerprint density at radius 2 is 2.45 bits per heavy atom. The van der Waals surface area contributed by atoms with Gasteiger partial charge in [0, 0.05) is 18.8 Å². The van der Waals surface area contributed by atoms with E-state index in [2.05, 4.69) is 32.9 Å². The van der Waals surface area contributed by atoms with Crippen molar-refractivity contribution in [2.45, 2.75) is 13.3 Å². The van der Waals surface area contributed by atoms with Gasteiger partial charge in [0.05, 0.1) is 0 Å². The molecule has 0 saturated heterocycles. The fourth-order valence-corrected chi connectivity index (χ4v) is 1.10. The third-order valence-electron chi connectivity index (χ3n) is 1.60. The van der Waals surface area contributed by atoms with Gasteiger partial charge in [-0.05, 0) is 5.92 Å². The minimum Gasteiger partial charge on any atom is -0.253 e. The van der Waals surface area contributed by atoms with Crippen LogP contribution in [0.3, 0.4) is 0 Å². The predicted octanol–water partition coefficient (Wildman–Crippen LogP) is 1.39. The predicted molar refractivity (Wildman–Crippen MR) is 47.7 cm³/mol. The standard InChI is InChI=1S/C7H12BrN3/c1-6(4-8)3-7-9-5-10-11(7)2/h5-6H,3-4H2,1-2H3. The highest BCUT2D eigenvalue weighted by molar-refractivity contribution is 9.09. The molecule has 1 aromatic heterocycles. The Bertz CT molecular complexity index is 221. The molecule has 4 heteroatoms. The van der Waals surface area contributed by atoms with Crippen LogP contribution in [0.1, 0.15) is 12.7 Å². The fourth-order valence-electron chi connectivity index (χ4n) is 0.871. The van der Waals surface area contributed by atoms with E-state index in [0.29, 0.717) is 5.92 Å². The molecule has 0 radical (unpaired) electrons. The average Bonchev–Trinajstić information content (AvgIpc) is 2.37. The van der Waals surface area contributed by atoms with E-state index in [-0.39, 0.29) is 0 Å². The molecule has 0 amide bonds. The summed E-state index contributed by atoms with van der Waals surface area (Å²) in [6.45, 7) is 2.18. The maximum absolute atomic E-state index is 4.13. The molecule has 11 heavy (non-hydrogen) atoms. The summed E-state index contributed by atoms with van der Waals surface area (Å²) < 4.78 is 1.82. The first-order valence-corrected chi connectivity index (χ1v) is 4.75. The summed E-state index contributed by atoms with van der Waals surface area (Å²) in [5, 5.41) is 5.01. The molecule has 0 fully saturated rings. The van der Waals surface area contributed by atoms with Crippen molar-refractivity contribution in [3.63, 3.8) is 0 Å². The normalized spacial score (nSPS) is 13.4. The molecule has 0 spiro atoms. The molecule has 3 nitrogen and oxygen atoms in total. The van der Waals surface area contributed by atoms with Gasteiger partial charge in [-0.15, -0.1) is 0 Å². The third kappa shape index (κ3) is 2.29. The van der Waals surface area contributed by atoms with Crippen molar-refractivity contribution in [1.29, 1.82) is 0 Å². The van der Waals surface area contributed by atoms with Gasteiger partial charge in [0.2, 0.25) is 0 Å². The number of aromatic nitrogens is 3. The minimum atomic E-state index is 0.623. The van der Waals surface area contributed by atoms with E-state index in [1.165, 1.54) is 0 Å². The molecule has 0 saturated carbocycles. The smallest absolute Gasteiger partial charge is 0.138 e. The van der Waals surface area contributed by atoms with Crippen LogP contribution >= 0.6 is 15.9 Å². The Balaban J connectivity index is 2.56. The number of halogens is 1. The average molecular weight is 218 g/mol. The lowest BCUT2D eigenvalue weighted by atomic mass is 10.1. The molecular formula is C7H12BrN3. The van der Waals surface area contributed by atoms with Crippen LogP contribution in [0.25, 0.3) is 0 Å². The zero-order valence-corrected chi connectivity index (χ0v) is 8.37. The molecule has 0 aromatic carbocycles. The summed E-state index contributed by atoms with van der Waals surface area (Å²) in [6, 6.07) is 0. The van der Waals surface area contributed by atoms with E-state index < -0.39 is 0 Å². The van der Waals surface area contributed by atoms with Crippen LogP contribution in [0.4, 0.5) is 0 Å². The Morgan fingerprint density at radius 3 is 2.91 bits per heavy atom. The van der Waals surface area contributed by atoms with Crippen LogP contribution < -0.4 is 0 Å². The van der Waals surface area contributed by atoms with E-state index in [4.69, 9.17) is 0 Å². The second-order valence-corrected chi connectivity index (χ2v) is 3.41. The summed E-state index contributed by atoms with van der Waals surface area (Å²) in [4.78, 5) is 4.13. The van der Waals surface area contributed by atoms with E-state index in [0.717, 1.165) is 17.6 Å². The van der Waals surface area contributed by atoms with E-state index >= 15 is 0 Å². The molecule has 1 rings (SSSR count). The molecule has 0 bridgehead atoms. The highest BCUT2D eigenvalue weighted by Gasteiger charge is 2.05. The second kappa shape index (κ2) is 3.85. The molecule has 1 aromatic rings. The molecule has 0 aliphatic rings. The Hall–Kier alpha value is -0.380. The summed E-state index contributed by atoms with van der Waals surface area (Å²) in [6.07, 6.45) is 2.58. The lowest BCUT2D eigenvalue weighted by molar-refractivity contribution is 0.594. The second-order valence-electron chi connectivity index (χ2n) is 2.76. The zero-order chi connectivity index (χ0) is 8.27. The van der Waals surface area contributed by atoms with Crippen LogP contribution in [0.5, 0.6) is 0 Å². The number of alkyl halides is 1. The number of hydrogen-bond acceptors (Lipinski definition) is 2. The van der Waals surface area contributed by atoms with Gasteiger partial charge in [-0.1, -0.05) is 22.9 Å². The van der Waals surface area contributed by atoms with E-state index in [1.807, 2.05) is 11.7 Å². The quantitative estimate of drug-likeness (QED) is 0.717. The largest absolute Gasteiger partial charge is 0.253 e. The Kier molecular flexibility index (Phi) is 3.05. The summed E-state index contributed by atoms with van der Waals surface area (Å²) in [7, 11) is 1.92. The molecule has 1 atom stereocenters. The van der Waals surface area contributed by atoms with Gasteiger partial charge >= 0.3 is 0 Å². The van der Waals surface area contributed by atoms with Gasteiger partial charge < -0.3 is 0 Å². The maximum atomic E-state index is 4.13. The molecule has 1 heterocycles. The van der Waals surface area contributed by atoms with Gasteiger partial charge in [0.25, 0.3) is 0 Å². The van der Waals surface area contributed by atoms with Crippen LogP contribution in [-0.4, -0.2) is 20.1 Å². The van der Waals surface area contributed by atoms with Gasteiger partial charge in [0.1, 0.15) is 12.2 Å². The number of rotatable bonds is 3. The van der Waals surface area contributed by atoms with Crippen molar-refractivity contribution in [1.82, 2.24) is 14.8 Å². The molecule has 0 aliphatic carbocycles. The lowest BCUT2D eigenvalue weighted by Gasteiger charge is -2.05. The number of hydrogen-bond donors (Lipinski definition) is 0. The van der Waals surface area contributed by atoms with Crippen LogP contribution in [0, 0.1) is 5.92 Å².